The van der Waals surface area contributed by atoms with E-state index in [1.165, 1.54) is 5.69 Å². The van der Waals surface area contributed by atoms with Crippen molar-refractivity contribution in [2.24, 2.45) is 0 Å². The molecule has 1 aliphatic heterocycles. The standard InChI is InChI=1S/C12H18ClN3/c1-2-14-16-9-7-15(8-10-16)12-5-3-11(13)4-6-12/h3-6,14H,2,7-10H2,1H3. The zero-order valence-corrected chi connectivity index (χ0v) is 10.4. The molecule has 88 valence electrons. The van der Waals surface area contributed by atoms with Crippen LogP contribution in [0.2, 0.25) is 5.02 Å². The predicted octanol–water partition coefficient (Wildman–Crippen LogP) is 1.99. The SMILES string of the molecule is CCNN1CCN(c2ccc(Cl)cc2)CC1. The van der Waals surface area contributed by atoms with E-state index in [9.17, 15) is 0 Å². The number of hydrazine groups is 1. The number of benzene rings is 1. The second-order valence-corrected chi connectivity index (χ2v) is 4.40. The van der Waals surface area contributed by atoms with Gasteiger partial charge >= 0.3 is 0 Å². The predicted molar refractivity (Wildman–Crippen MR) is 68.9 cm³/mol. The van der Waals surface area contributed by atoms with Crippen molar-refractivity contribution in [1.29, 1.82) is 0 Å². The summed E-state index contributed by atoms with van der Waals surface area (Å²) in [7, 11) is 0. The molecule has 1 aromatic rings. The molecule has 0 bridgehead atoms. The van der Waals surface area contributed by atoms with E-state index in [0.717, 1.165) is 37.7 Å². The Morgan fingerprint density at radius 3 is 2.31 bits per heavy atom. The van der Waals surface area contributed by atoms with E-state index in [1.54, 1.807) is 0 Å². The molecule has 1 N–H and O–H groups in total. The van der Waals surface area contributed by atoms with Crippen LogP contribution in [0.5, 0.6) is 0 Å². The van der Waals surface area contributed by atoms with Crippen molar-refractivity contribution in [2.75, 3.05) is 37.6 Å². The summed E-state index contributed by atoms with van der Waals surface area (Å²) >= 11 is 5.88. The van der Waals surface area contributed by atoms with Gasteiger partial charge in [0.15, 0.2) is 0 Å². The highest BCUT2D eigenvalue weighted by atomic mass is 35.5. The summed E-state index contributed by atoms with van der Waals surface area (Å²) in [6, 6.07) is 8.08. The molecule has 0 spiro atoms. The summed E-state index contributed by atoms with van der Waals surface area (Å²) in [5, 5.41) is 3.09. The zero-order valence-electron chi connectivity index (χ0n) is 9.62. The maximum absolute atomic E-state index is 5.88. The third-order valence-electron chi connectivity index (χ3n) is 2.85. The van der Waals surface area contributed by atoms with Gasteiger partial charge in [-0.15, -0.1) is 0 Å². The number of nitrogens with zero attached hydrogens (tertiary/aromatic N) is 2. The van der Waals surface area contributed by atoms with Crippen LogP contribution in [0.3, 0.4) is 0 Å². The fourth-order valence-corrected chi connectivity index (χ4v) is 2.12. The van der Waals surface area contributed by atoms with E-state index in [1.807, 2.05) is 12.1 Å². The van der Waals surface area contributed by atoms with Crippen LogP contribution in [0, 0.1) is 0 Å². The van der Waals surface area contributed by atoms with Crippen molar-refractivity contribution in [2.45, 2.75) is 6.92 Å². The summed E-state index contributed by atoms with van der Waals surface area (Å²) in [6.45, 7) is 7.39. The molecule has 1 heterocycles. The molecular weight excluding hydrogens is 222 g/mol. The van der Waals surface area contributed by atoms with E-state index in [0.29, 0.717) is 0 Å². The Morgan fingerprint density at radius 2 is 1.75 bits per heavy atom. The van der Waals surface area contributed by atoms with Crippen LogP contribution in [0.1, 0.15) is 6.92 Å². The highest BCUT2D eigenvalue weighted by molar-refractivity contribution is 6.30. The minimum atomic E-state index is 0.801. The molecule has 0 aromatic heterocycles. The molecule has 0 atom stereocenters. The molecule has 0 unspecified atom stereocenters. The maximum Gasteiger partial charge on any atom is 0.0407 e. The first-order valence-corrected chi connectivity index (χ1v) is 6.16. The number of hydrogen-bond acceptors (Lipinski definition) is 3. The van der Waals surface area contributed by atoms with Gasteiger partial charge in [-0.1, -0.05) is 18.5 Å². The van der Waals surface area contributed by atoms with Crippen molar-refractivity contribution in [3.05, 3.63) is 29.3 Å². The Morgan fingerprint density at radius 1 is 1.12 bits per heavy atom. The molecule has 0 saturated carbocycles. The normalized spacial score (nSPS) is 17.8. The van der Waals surface area contributed by atoms with E-state index < -0.39 is 0 Å². The molecule has 0 amide bonds. The zero-order chi connectivity index (χ0) is 11.4. The minimum Gasteiger partial charge on any atom is -0.369 e. The van der Waals surface area contributed by atoms with Gasteiger partial charge < -0.3 is 4.90 Å². The van der Waals surface area contributed by atoms with E-state index in [-0.39, 0.29) is 0 Å². The number of piperazine rings is 1. The lowest BCUT2D eigenvalue weighted by Gasteiger charge is -2.36. The smallest absolute Gasteiger partial charge is 0.0407 e. The van der Waals surface area contributed by atoms with Crippen molar-refractivity contribution >= 4 is 17.3 Å². The Hall–Kier alpha value is -0.770. The van der Waals surface area contributed by atoms with E-state index in [2.05, 4.69) is 34.4 Å². The van der Waals surface area contributed by atoms with Crippen molar-refractivity contribution in [3.8, 4) is 0 Å². The van der Waals surface area contributed by atoms with Crippen molar-refractivity contribution in [3.63, 3.8) is 0 Å². The molecule has 0 radical (unpaired) electrons. The average Bonchev–Trinajstić information content (AvgIpc) is 2.32. The first-order chi connectivity index (χ1) is 7.79. The molecule has 1 aliphatic rings. The molecule has 4 heteroatoms. The summed E-state index contributed by atoms with van der Waals surface area (Å²) in [5.41, 5.74) is 4.62. The highest BCUT2D eigenvalue weighted by Crippen LogP contribution is 2.18. The molecule has 2 rings (SSSR count). The number of anilines is 1. The molecule has 1 fully saturated rings. The highest BCUT2D eigenvalue weighted by Gasteiger charge is 2.15. The number of nitrogens with one attached hydrogen (secondary N) is 1. The summed E-state index contributed by atoms with van der Waals surface area (Å²) < 4.78 is 0. The van der Waals surface area contributed by atoms with Crippen LogP contribution < -0.4 is 10.3 Å². The second-order valence-electron chi connectivity index (χ2n) is 3.96. The topological polar surface area (TPSA) is 18.5 Å². The van der Waals surface area contributed by atoms with E-state index in [4.69, 9.17) is 11.6 Å². The van der Waals surface area contributed by atoms with Gasteiger partial charge in [0.05, 0.1) is 0 Å². The molecule has 3 nitrogen and oxygen atoms in total. The molecule has 16 heavy (non-hydrogen) atoms. The van der Waals surface area contributed by atoms with Crippen molar-refractivity contribution < 1.29 is 0 Å². The number of rotatable bonds is 3. The van der Waals surface area contributed by atoms with Crippen LogP contribution >= 0.6 is 11.6 Å². The van der Waals surface area contributed by atoms with Crippen LogP contribution in [0.4, 0.5) is 5.69 Å². The number of halogens is 1. The average molecular weight is 240 g/mol. The molecule has 0 aliphatic carbocycles. The third-order valence-corrected chi connectivity index (χ3v) is 3.11. The fourth-order valence-electron chi connectivity index (χ4n) is 2.00. The first-order valence-electron chi connectivity index (χ1n) is 5.78. The largest absolute Gasteiger partial charge is 0.369 e. The molecule has 1 aromatic carbocycles. The lowest BCUT2D eigenvalue weighted by atomic mass is 10.2. The number of hydrogen-bond donors (Lipinski definition) is 1. The van der Waals surface area contributed by atoms with Gasteiger partial charge in [0.25, 0.3) is 0 Å². The Balaban J connectivity index is 1.91. The lowest BCUT2D eigenvalue weighted by Crippen LogP contribution is -2.51. The first kappa shape index (κ1) is 11.7. The van der Waals surface area contributed by atoms with Gasteiger partial charge in [-0.05, 0) is 24.3 Å². The Bertz CT molecular complexity index is 318. The Labute approximate surface area is 102 Å². The van der Waals surface area contributed by atoms with Crippen molar-refractivity contribution in [1.82, 2.24) is 10.4 Å². The second kappa shape index (κ2) is 5.53. The van der Waals surface area contributed by atoms with Gasteiger partial charge in [-0.25, -0.2) is 5.01 Å². The summed E-state index contributed by atoms with van der Waals surface area (Å²) in [5.74, 6) is 0. The monoisotopic (exact) mass is 239 g/mol. The molecule has 1 saturated heterocycles. The minimum absolute atomic E-state index is 0.801. The van der Waals surface area contributed by atoms with Crippen LogP contribution in [-0.2, 0) is 0 Å². The Kier molecular flexibility index (Phi) is 4.04. The van der Waals surface area contributed by atoms with Gasteiger partial charge in [-0.3, -0.25) is 5.43 Å². The fraction of sp³-hybridized carbons (Fsp3) is 0.500. The van der Waals surface area contributed by atoms with Gasteiger partial charge in [0.1, 0.15) is 0 Å². The quantitative estimate of drug-likeness (QED) is 0.871. The van der Waals surface area contributed by atoms with Crippen LogP contribution in [0.25, 0.3) is 0 Å². The van der Waals surface area contributed by atoms with Crippen LogP contribution in [0.15, 0.2) is 24.3 Å². The molecular formula is C12H18ClN3. The summed E-state index contributed by atoms with van der Waals surface area (Å²) in [6.07, 6.45) is 0. The summed E-state index contributed by atoms with van der Waals surface area (Å²) in [4.78, 5) is 2.39. The van der Waals surface area contributed by atoms with Gasteiger partial charge in [0.2, 0.25) is 0 Å². The van der Waals surface area contributed by atoms with Gasteiger partial charge in [-0.2, -0.15) is 0 Å². The third kappa shape index (κ3) is 2.88. The maximum atomic E-state index is 5.88. The lowest BCUT2D eigenvalue weighted by molar-refractivity contribution is 0.181. The van der Waals surface area contributed by atoms with Crippen LogP contribution in [-0.4, -0.2) is 37.7 Å². The van der Waals surface area contributed by atoms with Gasteiger partial charge in [0, 0.05) is 43.4 Å². The van der Waals surface area contributed by atoms with E-state index >= 15 is 0 Å².